The first-order valence-electron chi connectivity index (χ1n) is 6.53. The van der Waals surface area contributed by atoms with Crippen LogP contribution in [0.25, 0.3) is 0 Å². The summed E-state index contributed by atoms with van der Waals surface area (Å²) in [6, 6.07) is 4.42. The van der Waals surface area contributed by atoms with Crippen LogP contribution >= 0.6 is 0 Å². The zero-order chi connectivity index (χ0) is 16.1. The van der Waals surface area contributed by atoms with Gasteiger partial charge >= 0.3 is 6.36 Å². The molecule has 2 heterocycles. The summed E-state index contributed by atoms with van der Waals surface area (Å²) < 4.78 is 63.4. The first-order valence-corrected chi connectivity index (χ1v) is 8.35. The highest BCUT2D eigenvalue weighted by atomic mass is 32.2. The van der Waals surface area contributed by atoms with Gasteiger partial charge in [0.05, 0.1) is 17.5 Å². The maximum atomic E-state index is 12.1. The van der Waals surface area contributed by atoms with Crippen LogP contribution in [0.2, 0.25) is 0 Å². The van der Waals surface area contributed by atoms with E-state index in [-0.39, 0.29) is 29.8 Å². The molecule has 3 rings (SSSR count). The van der Waals surface area contributed by atoms with Gasteiger partial charge in [0, 0.05) is 18.0 Å². The van der Waals surface area contributed by atoms with Crippen molar-refractivity contribution in [3.63, 3.8) is 0 Å². The van der Waals surface area contributed by atoms with E-state index in [1.807, 2.05) is 0 Å². The van der Waals surface area contributed by atoms with Crippen LogP contribution in [0, 0.1) is 5.92 Å². The highest BCUT2D eigenvalue weighted by molar-refractivity contribution is 7.91. The van der Waals surface area contributed by atoms with Gasteiger partial charge in [-0.1, -0.05) is 0 Å². The number of carbonyl (C=O) groups excluding carboxylic acids is 1. The number of halogens is 3. The van der Waals surface area contributed by atoms with Crippen LogP contribution < -0.4 is 9.64 Å². The van der Waals surface area contributed by atoms with Crippen molar-refractivity contribution in [1.29, 1.82) is 0 Å². The van der Waals surface area contributed by atoms with Gasteiger partial charge in [-0.2, -0.15) is 0 Å². The van der Waals surface area contributed by atoms with Gasteiger partial charge in [0.2, 0.25) is 5.91 Å². The number of carbonyl (C=O) groups is 1. The fraction of sp³-hybridized carbons (Fsp3) is 0.462. The Hall–Kier alpha value is -1.77. The Morgan fingerprint density at radius 1 is 1.14 bits per heavy atom. The third-order valence-corrected chi connectivity index (χ3v) is 5.61. The smallest absolute Gasteiger partial charge is 0.406 e. The zero-order valence-electron chi connectivity index (χ0n) is 11.2. The summed E-state index contributed by atoms with van der Waals surface area (Å²) in [5, 5.41) is 0. The number of nitrogens with zero attached hydrogens (tertiary/aromatic N) is 1. The number of hydrogen-bond donors (Lipinski definition) is 0. The molecule has 9 heteroatoms. The van der Waals surface area contributed by atoms with Gasteiger partial charge in [0.15, 0.2) is 9.84 Å². The summed E-state index contributed by atoms with van der Waals surface area (Å²) in [5.74, 6) is -0.976. The Morgan fingerprint density at radius 2 is 1.77 bits per heavy atom. The Labute approximate surface area is 124 Å². The Kier molecular flexibility index (Phi) is 3.35. The van der Waals surface area contributed by atoms with E-state index in [0.29, 0.717) is 5.69 Å². The minimum Gasteiger partial charge on any atom is -0.406 e. The van der Waals surface area contributed by atoms with Crippen molar-refractivity contribution in [1.82, 2.24) is 0 Å². The van der Waals surface area contributed by atoms with Crippen molar-refractivity contribution in [3.05, 3.63) is 24.3 Å². The molecule has 1 aromatic rings. The van der Waals surface area contributed by atoms with Gasteiger partial charge in [0.1, 0.15) is 5.75 Å². The van der Waals surface area contributed by atoms with Crippen LogP contribution in [0.4, 0.5) is 18.9 Å². The minimum atomic E-state index is -4.78. The molecule has 2 saturated heterocycles. The van der Waals surface area contributed by atoms with Gasteiger partial charge in [0.25, 0.3) is 0 Å². The summed E-state index contributed by atoms with van der Waals surface area (Å²) in [4.78, 5) is 13.4. The largest absolute Gasteiger partial charge is 0.573 e. The number of amides is 1. The summed E-state index contributed by atoms with van der Waals surface area (Å²) in [6.07, 6.45) is -4.64. The molecule has 2 aliphatic rings. The van der Waals surface area contributed by atoms with Gasteiger partial charge in [-0.05, 0) is 24.3 Å². The van der Waals surface area contributed by atoms with Crippen molar-refractivity contribution in [2.24, 2.45) is 5.92 Å². The highest BCUT2D eigenvalue weighted by Crippen LogP contribution is 2.37. The molecule has 2 aliphatic heterocycles. The number of fused-ring (bicyclic) bond motifs is 1. The summed E-state index contributed by atoms with van der Waals surface area (Å²) in [5.41, 5.74) is 0.379. The summed E-state index contributed by atoms with van der Waals surface area (Å²) >= 11 is 0. The SMILES string of the molecule is O=C1C[C@@H]2CS(=O)(=O)C[C@H]2N1c1ccc(OC(F)(F)F)cc1. The van der Waals surface area contributed by atoms with Crippen LogP contribution in [0.15, 0.2) is 24.3 Å². The normalized spacial score (nSPS) is 27.0. The molecular formula is C13H12F3NO4S. The van der Waals surface area contributed by atoms with Crippen LogP contribution in [-0.4, -0.2) is 38.2 Å². The number of alkyl halides is 3. The molecule has 0 aliphatic carbocycles. The van der Waals surface area contributed by atoms with Gasteiger partial charge < -0.3 is 9.64 Å². The molecule has 0 unspecified atom stereocenters. The molecule has 22 heavy (non-hydrogen) atoms. The first kappa shape index (κ1) is 15.1. The second-order valence-electron chi connectivity index (χ2n) is 5.41. The Balaban J connectivity index is 1.83. The second-order valence-corrected chi connectivity index (χ2v) is 7.57. The third-order valence-electron chi connectivity index (χ3n) is 3.82. The number of rotatable bonds is 2. The topological polar surface area (TPSA) is 63.7 Å². The number of anilines is 1. The average molecular weight is 335 g/mol. The lowest BCUT2D eigenvalue weighted by molar-refractivity contribution is -0.274. The average Bonchev–Trinajstić information content (AvgIpc) is 2.79. The number of benzene rings is 1. The van der Waals surface area contributed by atoms with E-state index in [2.05, 4.69) is 4.74 Å². The van der Waals surface area contributed by atoms with Gasteiger partial charge in [-0.25, -0.2) is 8.42 Å². The lowest BCUT2D eigenvalue weighted by Crippen LogP contribution is -2.36. The van der Waals surface area contributed by atoms with E-state index in [4.69, 9.17) is 0 Å². The van der Waals surface area contributed by atoms with E-state index in [1.54, 1.807) is 0 Å². The van der Waals surface area contributed by atoms with Crippen LogP contribution in [0.5, 0.6) is 5.75 Å². The van der Waals surface area contributed by atoms with Gasteiger partial charge in [-0.15, -0.1) is 13.2 Å². The molecule has 1 aromatic carbocycles. The second kappa shape index (κ2) is 4.87. The molecule has 120 valence electrons. The van der Waals surface area contributed by atoms with Crippen molar-refractivity contribution in [2.75, 3.05) is 16.4 Å². The summed E-state index contributed by atoms with van der Waals surface area (Å²) in [7, 11) is -3.17. The third kappa shape index (κ3) is 2.90. The van der Waals surface area contributed by atoms with Crippen LogP contribution in [-0.2, 0) is 14.6 Å². The zero-order valence-corrected chi connectivity index (χ0v) is 12.0. The van der Waals surface area contributed by atoms with E-state index >= 15 is 0 Å². The Bertz CT molecular complexity index is 699. The number of sulfone groups is 1. The predicted octanol–water partition coefficient (Wildman–Crippen LogP) is 1.74. The maximum Gasteiger partial charge on any atom is 0.573 e. The monoisotopic (exact) mass is 335 g/mol. The molecule has 0 aromatic heterocycles. The molecule has 0 saturated carbocycles. The van der Waals surface area contributed by atoms with E-state index in [1.165, 1.54) is 17.0 Å². The summed E-state index contributed by atoms with van der Waals surface area (Å²) in [6.45, 7) is 0. The van der Waals surface area contributed by atoms with E-state index in [9.17, 15) is 26.4 Å². The predicted molar refractivity (Wildman–Crippen MR) is 71.2 cm³/mol. The van der Waals surface area contributed by atoms with E-state index in [0.717, 1.165) is 12.1 Å². The van der Waals surface area contributed by atoms with Gasteiger partial charge in [-0.3, -0.25) is 4.79 Å². The lowest BCUT2D eigenvalue weighted by atomic mass is 10.0. The fourth-order valence-electron chi connectivity index (χ4n) is 3.03. The Morgan fingerprint density at radius 3 is 2.36 bits per heavy atom. The number of ether oxygens (including phenoxy) is 1. The molecule has 1 amide bonds. The lowest BCUT2D eigenvalue weighted by Gasteiger charge is -2.23. The van der Waals surface area contributed by atoms with Crippen LogP contribution in [0.3, 0.4) is 0 Å². The van der Waals surface area contributed by atoms with Crippen molar-refractivity contribution in [3.8, 4) is 5.75 Å². The van der Waals surface area contributed by atoms with Crippen molar-refractivity contribution >= 4 is 21.4 Å². The molecule has 2 fully saturated rings. The molecule has 0 bridgehead atoms. The molecule has 0 radical (unpaired) electrons. The standard InChI is InChI=1S/C13H12F3NO4S/c14-13(15,16)21-10-3-1-9(2-4-10)17-11-7-22(19,20)6-8(11)5-12(17)18/h1-4,8,11H,5-7H2/t8-,11-/m1/s1. The highest BCUT2D eigenvalue weighted by Gasteiger charge is 2.49. The molecule has 0 spiro atoms. The minimum absolute atomic E-state index is 0.0187. The molecule has 5 nitrogen and oxygen atoms in total. The molecule has 2 atom stereocenters. The van der Waals surface area contributed by atoms with Crippen molar-refractivity contribution < 1.29 is 31.1 Å². The molecular weight excluding hydrogens is 323 g/mol. The number of hydrogen-bond acceptors (Lipinski definition) is 4. The first-order chi connectivity index (χ1) is 10.1. The fourth-order valence-corrected chi connectivity index (χ4v) is 5.10. The maximum absolute atomic E-state index is 12.1. The van der Waals surface area contributed by atoms with Crippen LogP contribution in [0.1, 0.15) is 6.42 Å². The quantitative estimate of drug-likeness (QED) is 0.826. The van der Waals surface area contributed by atoms with E-state index < -0.39 is 28.0 Å². The molecule has 0 N–H and O–H groups in total. The van der Waals surface area contributed by atoms with Crippen molar-refractivity contribution in [2.45, 2.75) is 18.8 Å².